The minimum absolute atomic E-state index is 0.429. The molecule has 0 atom stereocenters. The van der Waals surface area contributed by atoms with Crippen LogP contribution < -0.4 is 10.1 Å². The zero-order chi connectivity index (χ0) is 13.2. The van der Waals surface area contributed by atoms with Crippen molar-refractivity contribution in [2.24, 2.45) is 0 Å². The van der Waals surface area contributed by atoms with E-state index < -0.39 is 0 Å². The normalized spacial score (nSPS) is 14.2. The largest absolute Gasteiger partial charge is 0.484 e. The van der Waals surface area contributed by atoms with Gasteiger partial charge < -0.3 is 14.5 Å². The van der Waals surface area contributed by atoms with Gasteiger partial charge in [0.1, 0.15) is 12.4 Å². The third kappa shape index (κ3) is 2.62. The van der Waals surface area contributed by atoms with Gasteiger partial charge in [0.05, 0.1) is 9.26 Å². The van der Waals surface area contributed by atoms with Crippen LogP contribution in [0.2, 0.25) is 0 Å². The van der Waals surface area contributed by atoms with Crippen LogP contribution in [0.4, 0.5) is 0 Å². The van der Waals surface area contributed by atoms with Gasteiger partial charge in [-0.05, 0) is 59.7 Å². The summed E-state index contributed by atoms with van der Waals surface area (Å²) in [5.74, 6) is 1.72. The molecule has 100 valence electrons. The molecule has 0 radical (unpaired) electrons. The zero-order valence-corrected chi connectivity index (χ0v) is 12.9. The first kappa shape index (κ1) is 12.9. The van der Waals surface area contributed by atoms with Gasteiger partial charge in [0.25, 0.3) is 0 Å². The SMILES string of the molecule is Cc1ncoc1COc1ccc2c(c1I)CCNC2. The van der Waals surface area contributed by atoms with Crippen molar-refractivity contribution in [3.05, 3.63) is 44.7 Å². The first-order valence-corrected chi connectivity index (χ1v) is 7.36. The summed E-state index contributed by atoms with van der Waals surface area (Å²) in [6, 6.07) is 4.19. The Balaban J connectivity index is 1.80. The number of oxazole rings is 1. The molecule has 4 nitrogen and oxygen atoms in total. The molecule has 1 N–H and O–H groups in total. The first-order valence-electron chi connectivity index (χ1n) is 6.28. The molecule has 0 saturated heterocycles. The molecule has 0 amide bonds. The standard InChI is InChI=1S/C14H15IN2O2/c1-9-13(19-8-17-9)7-18-12-3-2-10-6-16-5-4-11(10)14(12)15/h2-3,8,16H,4-7H2,1H3. The lowest BCUT2D eigenvalue weighted by atomic mass is 10.0. The fourth-order valence-corrected chi connectivity index (χ4v) is 3.18. The smallest absolute Gasteiger partial charge is 0.181 e. The molecule has 2 heterocycles. The Morgan fingerprint density at radius 2 is 2.37 bits per heavy atom. The summed E-state index contributed by atoms with van der Waals surface area (Å²) in [6.45, 7) is 4.34. The lowest BCUT2D eigenvalue weighted by Crippen LogP contribution is -2.24. The fraction of sp³-hybridized carbons (Fsp3) is 0.357. The number of benzene rings is 1. The second-order valence-corrected chi connectivity index (χ2v) is 5.67. The van der Waals surface area contributed by atoms with E-state index in [9.17, 15) is 0 Å². The molecule has 0 fully saturated rings. The molecule has 0 bridgehead atoms. The molecule has 1 aliphatic rings. The first-order chi connectivity index (χ1) is 9.25. The van der Waals surface area contributed by atoms with Crippen molar-refractivity contribution in [3.63, 3.8) is 0 Å². The van der Waals surface area contributed by atoms with Gasteiger partial charge in [-0.15, -0.1) is 0 Å². The van der Waals surface area contributed by atoms with Gasteiger partial charge >= 0.3 is 0 Å². The molecule has 0 unspecified atom stereocenters. The summed E-state index contributed by atoms with van der Waals surface area (Å²) in [6.07, 6.45) is 2.52. The summed E-state index contributed by atoms with van der Waals surface area (Å²) in [5, 5.41) is 3.38. The number of aryl methyl sites for hydroxylation is 1. The Bertz CT molecular complexity index is 595. The van der Waals surface area contributed by atoms with E-state index in [0.717, 1.165) is 36.7 Å². The van der Waals surface area contributed by atoms with Crippen molar-refractivity contribution in [1.82, 2.24) is 10.3 Å². The van der Waals surface area contributed by atoms with Crippen molar-refractivity contribution in [2.45, 2.75) is 26.5 Å². The number of fused-ring (bicyclic) bond motifs is 1. The number of halogens is 1. The summed E-state index contributed by atoms with van der Waals surface area (Å²) in [5.41, 5.74) is 3.67. The maximum Gasteiger partial charge on any atom is 0.181 e. The van der Waals surface area contributed by atoms with E-state index in [2.05, 4.69) is 39.0 Å². The van der Waals surface area contributed by atoms with Gasteiger partial charge in [0, 0.05) is 6.54 Å². The molecule has 1 aliphatic heterocycles. The third-order valence-electron chi connectivity index (χ3n) is 3.38. The molecule has 0 aliphatic carbocycles. The monoisotopic (exact) mass is 370 g/mol. The van der Waals surface area contributed by atoms with E-state index in [4.69, 9.17) is 9.15 Å². The van der Waals surface area contributed by atoms with Gasteiger partial charge in [-0.2, -0.15) is 0 Å². The molecule has 1 aromatic carbocycles. The number of nitrogens with one attached hydrogen (secondary N) is 1. The van der Waals surface area contributed by atoms with Crippen molar-refractivity contribution >= 4 is 22.6 Å². The Kier molecular flexibility index (Phi) is 3.74. The maximum absolute atomic E-state index is 5.87. The van der Waals surface area contributed by atoms with Crippen molar-refractivity contribution in [2.75, 3.05) is 6.54 Å². The van der Waals surface area contributed by atoms with Crippen molar-refractivity contribution in [3.8, 4) is 5.75 Å². The fourth-order valence-electron chi connectivity index (χ4n) is 2.23. The summed E-state index contributed by atoms with van der Waals surface area (Å²) in [7, 11) is 0. The van der Waals surface area contributed by atoms with Crippen molar-refractivity contribution < 1.29 is 9.15 Å². The minimum Gasteiger partial charge on any atom is -0.484 e. The van der Waals surface area contributed by atoms with E-state index in [1.165, 1.54) is 21.1 Å². The van der Waals surface area contributed by atoms with Gasteiger partial charge in [0.2, 0.25) is 0 Å². The quantitative estimate of drug-likeness (QED) is 0.845. The highest BCUT2D eigenvalue weighted by Crippen LogP contribution is 2.30. The van der Waals surface area contributed by atoms with Crippen LogP contribution in [0.5, 0.6) is 5.75 Å². The molecule has 5 heteroatoms. The highest BCUT2D eigenvalue weighted by molar-refractivity contribution is 14.1. The van der Waals surface area contributed by atoms with E-state index >= 15 is 0 Å². The van der Waals surface area contributed by atoms with Gasteiger partial charge in [-0.3, -0.25) is 0 Å². The third-order valence-corrected chi connectivity index (χ3v) is 4.56. The van der Waals surface area contributed by atoms with Crippen LogP contribution in [-0.4, -0.2) is 11.5 Å². The number of hydrogen-bond donors (Lipinski definition) is 1. The van der Waals surface area contributed by atoms with E-state index in [1.54, 1.807) is 0 Å². The van der Waals surface area contributed by atoms with E-state index in [1.807, 2.05) is 13.0 Å². The zero-order valence-electron chi connectivity index (χ0n) is 10.7. The number of rotatable bonds is 3. The number of aromatic nitrogens is 1. The Morgan fingerprint density at radius 1 is 1.47 bits per heavy atom. The van der Waals surface area contributed by atoms with Crippen LogP contribution in [0.1, 0.15) is 22.6 Å². The molecular weight excluding hydrogens is 355 g/mol. The van der Waals surface area contributed by atoms with Gasteiger partial charge in [-0.25, -0.2) is 4.98 Å². The van der Waals surface area contributed by atoms with Crippen LogP contribution in [0.15, 0.2) is 22.9 Å². The lowest BCUT2D eigenvalue weighted by Gasteiger charge is -2.20. The van der Waals surface area contributed by atoms with Gasteiger partial charge in [-0.1, -0.05) is 6.07 Å². The van der Waals surface area contributed by atoms with Crippen LogP contribution in [-0.2, 0) is 19.6 Å². The number of ether oxygens (including phenoxy) is 1. The summed E-state index contributed by atoms with van der Waals surface area (Å²) < 4.78 is 12.4. The van der Waals surface area contributed by atoms with Crippen LogP contribution in [0.25, 0.3) is 0 Å². The average molecular weight is 370 g/mol. The number of hydrogen-bond acceptors (Lipinski definition) is 4. The molecule has 2 aromatic rings. The topological polar surface area (TPSA) is 47.3 Å². The molecule has 3 rings (SSSR count). The molecule has 0 saturated carbocycles. The molecule has 19 heavy (non-hydrogen) atoms. The maximum atomic E-state index is 5.87. The van der Waals surface area contributed by atoms with Crippen LogP contribution >= 0.6 is 22.6 Å². The predicted octanol–water partition coefficient (Wildman–Crippen LogP) is 2.81. The average Bonchev–Trinajstić information content (AvgIpc) is 2.84. The minimum atomic E-state index is 0.429. The molecule has 1 aromatic heterocycles. The van der Waals surface area contributed by atoms with Crippen molar-refractivity contribution in [1.29, 1.82) is 0 Å². The Morgan fingerprint density at radius 3 is 3.16 bits per heavy atom. The summed E-state index contributed by atoms with van der Waals surface area (Å²) in [4.78, 5) is 4.06. The molecule has 0 spiro atoms. The van der Waals surface area contributed by atoms with E-state index in [0.29, 0.717) is 6.61 Å². The van der Waals surface area contributed by atoms with E-state index in [-0.39, 0.29) is 0 Å². The Labute approximate surface area is 125 Å². The number of nitrogens with zero attached hydrogens (tertiary/aromatic N) is 1. The Hall–Kier alpha value is -1.08. The lowest BCUT2D eigenvalue weighted by molar-refractivity contribution is 0.267. The second kappa shape index (κ2) is 5.50. The van der Waals surface area contributed by atoms with Crippen LogP contribution in [0, 0.1) is 10.5 Å². The predicted molar refractivity (Wildman–Crippen MR) is 80.1 cm³/mol. The highest BCUT2D eigenvalue weighted by Gasteiger charge is 2.15. The second-order valence-electron chi connectivity index (χ2n) is 4.59. The van der Waals surface area contributed by atoms with Gasteiger partial charge in [0.15, 0.2) is 12.2 Å². The molecular formula is C14H15IN2O2. The van der Waals surface area contributed by atoms with Crippen LogP contribution in [0.3, 0.4) is 0 Å². The highest BCUT2D eigenvalue weighted by atomic mass is 127. The summed E-state index contributed by atoms with van der Waals surface area (Å²) >= 11 is 2.37.